The first-order valence-corrected chi connectivity index (χ1v) is 8.32. The highest BCUT2D eigenvalue weighted by Crippen LogP contribution is 2.40. The van der Waals surface area contributed by atoms with Gasteiger partial charge in [-0.1, -0.05) is 45.4 Å². The van der Waals surface area contributed by atoms with Crippen molar-refractivity contribution in [2.75, 3.05) is 11.4 Å². The molecule has 1 aliphatic heterocycles. The van der Waals surface area contributed by atoms with Crippen molar-refractivity contribution in [2.45, 2.75) is 45.4 Å². The Hall–Kier alpha value is -2.01. The Balaban J connectivity index is 2.05. The van der Waals surface area contributed by atoms with Gasteiger partial charge in [-0.3, -0.25) is 0 Å². The monoisotopic (exact) mass is 292 g/mol. The summed E-state index contributed by atoms with van der Waals surface area (Å²) in [4.78, 5) is 2.28. The van der Waals surface area contributed by atoms with Gasteiger partial charge in [0.1, 0.15) is 0 Å². The van der Waals surface area contributed by atoms with Crippen LogP contribution in [0.2, 0.25) is 0 Å². The molecule has 1 heterocycles. The number of fused-ring (bicyclic) bond motifs is 1. The van der Waals surface area contributed by atoms with E-state index in [-0.39, 0.29) is 0 Å². The molecule has 1 aliphatic carbocycles. The molecule has 0 radical (unpaired) electrons. The van der Waals surface area contributed by atoms with Crippen molar-refractivity contribution in [3.63, 3.8) is 0 Å². The second-order valence-electron chi connectivity index (χ2n) is 6.92. The van der Waals surface area contributed by atoms with Crippen LogP contribution in [0.1, 0.15) is 56.6 Å². The van der Waals surface area contributed by atoms with Gasteiger partial charge in [0.05, 0.1) is 17.3 Å². The highest BCUT2D eigenvalue weighted by molar-refractivity contribution is 5.90. The lowest BCUT2D eigenvalue weighted by atomic mass is 9.91. The predicted molar refractivity (Wildman–Crippen MR) is 92.6 cm³/mol. The van der Waals surface area contributed by atoms with Crippen LogP contribution in [-0.4, -0.2) is 6.54 Å². The lowest BCUT2D eigenvalue weighted by Crippen LogP contribution is -2.28. The topological polar surface area (TPSA) is 27.0 Å². The molecular formula is C20H24N2. The molecule has 2 nitrogen and oxygen atoms in total. The quantitative estimate of drug-likeness (QED) is 0.761. The molecule has 0 amide bonds. The number of hydrogen-bond donors (Lipinski definition) is 0. The number of nitriles is 1. The summed E-state index contributed by atoms with van der Waals surface area (Å²) in [6, 6.07) is 9.00. The highest BCUT2D eigenvalue weighted by Gasteiger charge is 2.25. The van der Waals surface area contributed by atoms with Gasteiger partial charge in [-0.25, -0.2) is 0 Å². The summed E-state index contributed by atoms with van der Waals surface area (Å²) >= 11 is 0. The molecule has 1 aromatic carbocycles. The lowest BCUT2D eigenvalue weighted by molar-refractivity contribution is 0.641. The normalized spacial score (nSPS) is 18.4. The zero-order valence-corrected chi connectivity index (χ0v) is 13.6. The largest absolute Gasteiger partial charge is 0.341 e. The van der Waals surface area contributed by atoms with E-state index in [1.807, 2.05) is 6.08 Å². The SMILES string of the molecule is C=C1C=C(C#N)c2ccc(C3CCCC3)cc2N1CC(C)C. The van der Waals surface area contributed by atoms with Gasteiger partial charge in [0.15, 0.2) is 0 Å². The van der Waals surface area contributed by atoms with Crippen LogP contribution in [0.25, 0.3) is 5.57 Å². The molecule has 2 heteroatoms. The third kappa shape index (κ3) is 2.68. The maximum absolute atomic E-state index is 9.43. The predicted octanol–water partition coefficient (Wildman–Crippen LogP) is 5.24. The van der Waals surface area contributed by atoms with Crippen LogP contribution in [-0.2, 0) is 0 Å². The van der Waals surface area contributed by atoms with E-state index >= 15 is 0 Å². The Bertz CT molecular complexity index is 655. The third-order valence-electron chi connectivity index (χ3n) is 4.76. The lowest BCUT2D eigenvalue weighted by Gasteiger charge is -2.33. The van der Waals surface area contributed by atoms with Gasteiger partial charge in [0, 0.05) is 17.8 Å². The van der Waals surface area contributed by atoms with Gasteiger partial charge in [0.25, 0.3) is 0 Å². The van der Waals surface area contributed by atoms with Crippen LogP contribution in [0.4, 0.5) is 5.69 Å². The van der Waals surface area contributed by atoms with Crippen LogP contribution in [0.3, 0.4) is 0 Å². The summed E-state index contributed by atoms with van der Waals surface area (Å²) in [5, 5.41) is 9.43. The van der Waals surface area contributed by atoms with E-state index in [4.69, 9.17) is 0 Å². The maximum atomic E-state index is 9.43. The van der Waals surface area contributed by atoms with Gasteiger partial charge in [0.2, 0.25) is 0 Å². The van der Waals surface area contributed by atoms with Crippen LogP contribution >= 0.6 is 0 Å². The van der Waals surface area contributed by atoms with Crippen molar-refractivity contribution in [3.05, 3.63) is 47.7 Å². The van der Waals surface area contributed by atoms with E-state index in [0.717, 1.165) is 23.4 Å². The van der Waals surface area contributed by atoms with Crippen molar-refractivity contribution >= 4 is 11.3 Å². The fraction of sp³-hybridized carbons (Fsp3) is 0.450. The van der Waals surface area contributed by atoms with Gasteiger partial charge < -0.3 is 4.90 Å². The van der Waals surface area contributed by atoms with Gasteiger partial charge in [-0.15, -0.1) is 0 Å². The molecule has 1 saturated carbocycles. The average Bonchev–Trinajstić information content (AvgIpc) is 3.03. The Morgan fingerprint density at radius 3 is 2.68 bits per heavy atom. The van der Waals surface area contributed by atoms with E-state index in [2.05, 4.69) is 49.6 Å². The highest BCUT2D eigenvalue weighted by atomic mass is 15.1. The smallest absolute Gasteiger partial charge is 0.0999 e. The van der Waals surface area contributed by atoms with Crippen molar-refractivity contribution in [3.8, 4) is 6.07 Å². The molecule has 22 heavy (non-hydrogen) atoms. The summed E-state index contributed by atoms with van der Waals surface area (Å²) < 4.78 is 0. The molecular weight excluding hydrogens is 268 g/mol. The number of rotatable bonds is 3. The van der Waals surface area contributed by atoms with Crippen molar-refractivity contribution in [1.29, 1.82) is 5.26 Å². The summed E-state index contributed by atoms with van der Waals surface area (Å²) in [7, 11) is 0. The number of anilines is 1. The minimum absolute atomic E-state index is 0.553. The fourth-order valence-electron chi connectivity index (χ4n) is 3.66. The molecule has 3 rings (SSSR count). The number of nitrogens with zero attached hydrogens (tertiary/aromatic N) is 2. The van der Waals surface area contributed by atoms with Crippen LogP contribution in [0.5, 0.6) is 0 Å². The third-order valence-corrected chi connectivity index (χ3v) is 4.76. The molecule has 0 spiro atoms. The molecule has 0 atom stereocenters. The molecule has 0 N–H and O–H groups in total. The van der Waals surface area contributed by atoms with E-state index in [0.29, 0.717) is 11.8 Å². The first kappa shape index (κ1) is 14.9. The van der Waals surface area contributed by atoms with Gasteiger partial charge in [-0.2, -0.15) is 5.26 Å². The molecule has 0 saturated heterocycles. The molecule has 1 fully saturated rings. The van der Waals surface area contributed by atoms with Gasteiger partial charge in [-0.05, 0) is 42.4 Å². The average molecular weight is 292 g/mol. The van der Waals surface area contributed by atoms with Gasteiger partial charge >= 0.3 is 0 Å². The Kier molecular flexibility index (Phi) is 4.07. The second-order valence-corrected chi connectivity index (χ2v) is 6.92. The van der Waals surface area contributed by atoms with Crippen molar-refractivity contribution in [1.82, 2.24) is 0 Å². The first-order chi connectivity index (χ1) is 10.6. The summed E-state index contributed by atoms with van der Waals surface area (Å²) in [6.07, 6.45) is 7.19. The second kappa shape index (κ2) is 6.01. The Morgan fingerprint density at radius 2 is 2.05 bits per heavy atom. The standard InChI is InChI=1S/C20H24N2/c1-14(2)13-22-15(3)10-18(12-21)19-9-8-17(11-20(19)22)16-6-4-5-7-16/h8-11,14,16H,3-7,13H2,1-2H3. The van der Waals surface area contributed by atoms with E-state index in [1.54, 1.807) is 0 Å². The minimum atomic E-state index is 0.553. The number of benzene rings is 1. The fourth-order valence-corrected chi connectivity index (χ4v) is 3.66. The van der Waals surface area contributed by atoms with Crippen LogP contribution in [0.15, 0.2) is 36.6 Å². The minimum Gasteiger partial charge on any atom is -0.341 e. The molecule has 114 valence electrons. The summed E-state index contributed by atoms with van der Waals surface area (Å²) in [6.45, 7) is 9.55. The molecule has 1 aromatic rings. The first-order valence-electron chi connectivity index (χ1n) is 8.32. The summed E-state index contributed by atoms with van der Waals surface area (Å²) in [5.74, 6) is 1.24. The summed E-state index contributed by atoms with van der Waals surface area (Å²) in [5.41, 5.74) is 5.32. The van der Waals surface area contributed by atoms with E-state index < -0.39 is 0 Å². The van der Waals surface area contributed by atoms with Crippen molar-refractivity contribution < 1.29 is 0 Å². The molecule has 2 aliphatic rings. The molecule has 0 unspecified atom stereocenters. The van der Waals surface area contributed by atoms with E-state index in [1.165, 1.54) is 36.9 Å². The maximum Gasteiger partial charge on any atom is 0.0999 e. The Morgan fingerprint density at radius 1 is 1.32 bits per heavy atom. The van der Waals surface area contributed by atoms with Crippen molar-refractivity contribution in [2.24, 2.45) is 5.92 Å². The number of hydrogen-bond acceptors (Lipinski definition) is 2. The molecule has 0 aromatic heterocycles. The van der Waals surface area contributed by atoms with E-state index in [9.17, 15) is 5.26 Å². The zero-order valence-electron chi connectivity index (χ0n) is 13.6. The Labute approximate surface area is 133 Å². The number of allylic oxidation sites excluding steroid dienone is 2. The zero-order chi connectivity index (χ0) is 15.7. The van der Waals surface area contributed by atoms with Crippen LogP contribution in [0, 0.1) is 17.2 Å². The molecule has 0 bridgehead atoms. The van der Waals surface area contributed by atoms with Crippen LogP contribution < -0.4 is 4.90 Å².